The zero-order valence-electron chi connectivity index (χ0n) is 11.6. The SMILES string of the molecule is CC(C)CNCc1cncc(Oc2ccccc2Br)n1. The summed E-state index contributed by atoms with van der Waals surface area (Å²) < 4.78 is 6.62. The van der Waals surface area contributed by atoms with Crippen molar-refractivity contribution in [2.24, 2.45) is 5.92 Å². The van der Waals surface area contributed by atoms with Crippen LogP contribution in [0.5, 0.6) is 11.6 Å². The Morgan fingerprint density at radius 1 is 1.25 bits per heavy atom. The third-order valence-electron chi connectivity index (χ3n) is 2.57. The molecule has 0 aliphatic carbocycles. The normalized spacial score (nSPS) is 10.8. The molecule has 2 rings (SSSR count). The molecule has 0 saturated heterocycles. The molecule has 0 aliphatic rings. The summed E-state index contributed by atoms with van der Waals surface area (Å²) in [6.45, 7) is 5.99. The molecule has 4 nitrogen and oxygen atoms in total. The van der Waals surface area contributed by atoms with E-state index in [4.69, 9.17) is 4.74 Å². The molecule has 1 heterocycles. The Bertz CT molecular complexity index is 560. The van der Waals surface area contributed by atoms with E-state index in [1.807, 2.05) is 24.3 Å². The van der Waals surface area contributed by atoms with Crippen molar-refractivity contribution in [2.45, 2.75) is 20.4 Å². The first-order valence-corrected chi connectivity index (χ1v) is 7.38. The monoisotopic (exact) mass is 335 g/mol. The number of hydrogen-bond acceptors (Lipinski definition) is 4. The van der Waals surface area contributed by atoms with E-state index < -0.39 is 0 Å². The third kappa shape index (κ3) is 4.58. The third-order valence-corrected chi connectivity index (χ3v) is 3.23. The molecule has 0 aliphatic heterocycles. The molecule has 0 atom stereocenters. The minimum Gasteiger partial charge on any atom is -0.436 e. The average molecular weight is 336 g/mol. The molecule has 0 spiro atoms. The average Bonchev–Trinajstić information content (AvgIpc) is 2.41. The van der Waals surface area contributed by atoms with Gasteiger partial charge in [0.05, 0.1) is 16.4 Å². The van der Waals surface area contributed by atoms with Crippen LogP contribution in [0.4, 0.5) is 0 Å². The van der Waals surface area contributed by atoms with E-state index in [-0.39, 0.29) is 0 Å². The Morgan fingerprint density at radius 2 is 2.05 bits per heavy atom. The number of ether oxygens (including phenoxy) is 1. The highest BCUT2D eigenvalue weighted by molar-refractivity contribution is 9.10. The van der Waals surface area contributed by atoms with Crippen molar-refractivity contribution in [3.8, 4) is 11.6 Å². The standard InChI is InChI=1S/C15H18BrN3O/c1-11(2)7-17-8-12-9-18-10-15(19-12)20-14-6-4-3-5-13(14)16/h3-6,9-11,17H,7-8H2,1-2H3. The largest absolute Gasteiger partial charge is 0.436 e. The maximum atomic E-state index is 5.73. The van der Waals surface area contributed by atoms with Gasteiger partial charge in [-0.1, -0.05) is 26.0 Å². The van der Waals surface area contributed by atoms with Crippen molar-refractivity contribution in [3.05, 3.63) is 46.8 Å². The second-order valence-corrected chi connectivity index (χ2v) is 5.76. The van der Waals surface area contributed by atoms with Gasteiger partial charge in [0.25, 0.3) is 0 Å². The number of rotatable bonds is 6. The fourth-order valence-electron chi connectivity index (χ4n) is 1.65. The summed E-state index contributed by atoms with van der Waals surface area (Å²) >= 11 is 3.44. The lowest BCUT2D eigenvalue weighted by Gasteiger charge is -2.09. The molecule has 0 amide bonds. The first kappa shape index (κ1) is 14.9. The molecule has 1 aromatic heterocycles. The van der Waals surface area contributed by atoms with Crippen LogP contribution < -0.4 is 10.1 Å². The zero-order valence-corrected chi connectivity index (χ0v) is 13.2. The first-order chi connectivity index (χ1) is 9.65. The van der Waals surface area contributed by atoms with Crippen LogP contribution in [0.1, 0.15) is 19.5 Å². The maximum Gasteiger partial charge on any atom is 0.238 e. The van der Waals surface area contributed by atoms with Gasteiger partial charge in [-0.25, -0.2) is 4.98 Å². The Labute approximate surface area is 127 Å². The number of halogens is 1. The van der Waals surface area contributed by atoms with Gasteiger partial charge in [0.2, 0.25) is 5.88 Å². The summed E-state index contributed by atoms with van der Waals surface area (Å²) in [5.41, 5.74) is 0.871. The lowest BCUT2D eigenvalue weighted by atomic mass is 10.2. The molecular weight excluding hydrogens is 318 g/mol. The second-order valence-electron chi connectivity index (χ2n) is 4.91. The molecule has 0 unspecified atom stereocenters. The van der Waals surface area contributed by atoms with Gasteiger partial charge in [0.15, 0.2) is 0 Å². The molecule has 1 aromatic carbocycles. The molecule has 0 radical (unpaired) electrons. The highest BCUT2D eigenvalue weighted by Gasteiger charge is 2.04. The van der Waals surface area contributed by atoms with Gasteiger partial charge in [-0.15, -0.1) is 0 Å². The highest BCUT2D eigenvalue weighted by atomic mass is 79.9. The Hall–Kier alpha value is -1.46. The van der Waals surface area contributed by atoms with Gasteiger partial charge < -0.3 is 10.1 Å². The van der Waals surface area contributed by atoms with E-state index in [0.717, 1.165) is 22.5 Å². The summed E-state index contributed by atoms with van der Waals surface area (Å²) in [6.07, 6.45) is 3.37. The molecule has 106 valence electrons. The van der Waals surface area contributed by atoms with Crippen molar-refractivity contribution in [1.29, 1.82) is 0 Å². The van der Waals surface area contributed by atoms with E-state index in [1.54, 1.807) is 12.4 Å². The van der Waals surface area contributed by atoms with Crippen molar-refractivity contribution in [3.63, 3.8) is 0 Å². The number of nitrogens with zero attached hydrogens (tertiary/aromatic N) is 2. The van der Waals surface area contributed by atoms with Crippen LogP contribution in [-0.4, -0.2) is 16.5 Å². The Balaban J connectivity index is 2.01. The summed E-state index contributed by atoms with van der Waals surface area (Å²) in [5, 5.41) is 3.34. The van der Waals surface area contributed by atoms with E-state index in [9.17, 15) is 0 Å². The van der Waals surface area contributed by atoms with Gasteiger partial charge in [-0.2, -0.15) is 0 Å². The van der Waals surface area contributed by atoms with Gasteiger partial charge in [0.1, 0.15) is 5.75 Å². The minimum atomic E-state index is 0.501. The molecule has 20 heavy (non-hydrogen) atoms. The predicted molar refractivity (Wildman–Crippen MR) is 82.8 cm³/mol. The van der Waals surface area contributed by atoms with Crippen molar-refractivity contribution >= 4 is 15.9 Å². The van der Waals surface area contributed by atoms with Gasteiger partial charge in [0, 0.05) is 12.7 Å². The Kier molecular flexibility index (Phi) is 5.49. The number of para-hydroxylation sites is 1. The van der Waals surface area contributed by atoms with E-state index in [0.29, 0.717) is 18.3 Å². The minimum absolute atomic E-state index is 0.501. The van der Waals surface area contributed by atoms with Gasteiger partial charge in [-0.3, -0.25) is 4.98 Å². The quantitative estimate of drug-likeness (QED) is 0.872. The van der Waals surface area contributed by atoms with E-state index in [2.05, 4.69) is 45.1 Å². The zero-order chi connectivity index (χ0) is 14.4. The van der Waals surface area contributed by atoms with Crippen LogP contribution in [0.15, 0.2) is 41.1 Å². The fourth-order valence-corrected chi connectivity index (χ4v) is 2.02. The van der Waals surface area contributed by atoms with E-state index in [1.165, 1.54) is 0 Å². The molecule has 0 saturated carbocycles. The van der Waals surface area contributed by atoms with Crippen LogP contribution in [0.25, 0.3) is 0 Å². The van der Waals surface area contributed by atoms with Crippen LogP contribution in [0, 0.1) is 5.92 Å². The van der Waals surface area contributed by atoms with Crippen molar-refractivity contribution in [2.75, 3.05) is 6.54 Å². The number of hydrogen-bond donors (Lipinski definition) is 1. The second kappa shape index (κ2) is 7.36. The Morgan fingerprint density at radius 3 is 2.80 bits per heavy atom. The smallest absolute Gasteiger partial charge is 0.238 e. The van der Waals surface area contributed by atoms with Crippen molar-refractivity contribution < 1.29 is 4.74 Å². The molecular formula is C15H18BrN3O. The van der Waals surface area contributed by atoms with Gasteiger partial charge in [-0.05, 0) is 40.5 Å². The first-order valence-electron chi connectivity index (χ1n) is 6.59. The number of aromatic nitrogens is 2. The number of benzene rings is 1. The molecule has 2 aromatic rings. The topological polar surface area (TPSA) is 47.0 Å². The highest BCUT2D eigenvalue weighted by Crippen LogP contribution is 2.27. The molecule has 1 N–H and O–H groups in total. The fraction of sp³-hybridized carbons (Fsp3) is 0.333. The van der Waals surface area contributed by atoms with Gasteiger partial charge >= 0.3 is 0 Å². The predicted octanol–water partition coefficient (Wildman–Crippen LogP) is 3.78. The molecule has 0 bridgehead atoms. The summed E-state index contributed by atoms with van der Waals surface area (Å²) in [4.78, 5) is 8.60. The van der Waals surface area contributed by atoms with Crippen LogP contribution in [0.3, 0.4) is 0 Å². The molecule has 5 heteroatoms. The molecule has 0 fully saturated rings. The van der Waals surface area contributed by atoms with Crippen LogP contribution in [-0.2, 0) is 6.54 Å². The van der Waals surface area contributed by atoms with Crippen LogP contribution >= 0.6 is 15.9 Å². The number of nitrogens with one attached hydrogen (secondary N) is 1. The summed E-state index contributed by atoms with van der Waals surface area (Å²) in [5.74, 6) is 1.84. The summed E-state index contributed by atoms with van der Waals surface area (Å²) in [7, 11) is 0. The maximum absolute atomic E-state index is 5.73. The van der Waals surface area contributed by atoms with E-state index >= 15 is 0 Å². The lowest BCUT2D eigenvalue weighted by Crippen LogP contribution is -2.19. The summed E-state index contributed by atoms with van der Waals surface area (Å²) in [6, 6.07) is 7.67. The lowest BCUT2D eigenvalue weighted by molar-refractivity contribution is 0.452. The van der Waals surface area contributed by atoms with Crippen LogP contribution in [0.2, 0.25) is 0 Å². The van der Waals surface area contributed by atoms with Crippen molar-refractivity contribution in [1.82, 2.24) is 15.3 Å².